The van der Waals surface area contributed by atoms with E-state index in [1.165, 1.54) is 0 Å². The van der Waals surface area contributed by atoms with Crippen LogP contribution in [-0.4, -0.2) is 24.3 Å². The van der Waals surface area contributed by atoms with Gasteiger partial charge in [0.1, 0.15) is 0 Å². The Morgan fingerprint density at radius 3 is 2.40 bits per heavy atom. The van der Waals surface area contributed by atoms with Crippen LogP contribution in [0.4, 0.5) is 11.4 Å². The van der Waals surface area contributed by atoms with Crippen LogP contribution in [-0.2, 0) is 0 Å². The lowest BCUT2D eigenvalue weighted by molar-refractivity contribution is 0.216. The Bertz CT molecular complexity index is 327. The van der Waals surface area contributed by atoms with Gasteiger partial charge < -0.3 is 15.7 Å². The summed E-state index contributed by atoms with van der Waals surface area (Å²) in [5.41, 5.74) is 8.43. The predicted molar refractivity (Wildman–Crippen MR) is 65.2 cm³/mol. The minimum Gasteiger partial charge on any atom is -0.399 e. The lowest BCUT2D eigenvalue weighted by atomic mass is 10.0. The molecule has 1 aromatic carbocycles. The van der Waals surface area contributed by atoms with Crippen molar-refractivity contribution in [3.63, 3.8) is 0 Å². The Labute approximate surface area is 91.5 Å². The molecule has 1 rings (SSSR count). The molecule has 3 N–H and O–H groups in total. The zero-order valence-electron chi connectivity index (χ0n) is 9.91. The van der Waals surface area contributed by atoms with Gasteiger partial charge in [-0.05, 0) is 44.5 Å². The second-order valence-corrected chi connectivity index (χ2v) is 4.63. The Hall–Kier alpha value is -1.22. The van der Waals surface area contributed by atoms with Crippen LogP contribution in [0.3, 0.4) is 0 Å². The number of aryl methyl sites for hydroxylation is 1. The number of nitrogen functional groups attached to an aromatic ring is 1. The fourth-order valence-electron chi connectivity index (χ4n) is 1.44. The van der Waals surface area contributed by atoms with Gasteiger partial charge in [0.25, 0.3) is 0 Å². The Kier molecular flexibility index (Phi) is 3.25. The zero-order chi connectivity index (χ0) is 11.6. The van der Waals surface area contributed by atoms with Gasteiger partial charge in [-0.25, -0.2) is 0 Å². The van der Waals surface area contributed by atoms with E-state index in [4.69, 9.17) is 5.73 Å². The maximum Gasteiger partial charge on any atom is 0.0658 e. The summed E-state index contributed by atoms with van der Waals surface area (Å²) in [6.45, 7) is 6.11. The first-order chi connectivity index (χ1) is 6.86. The molecule has 0 aliphatic heterocycles. The summed E-state index contributed by atoms with van der Waals surface area (Å²) in [5.74, 6) is 0. The van der Waals surface area contributed by atoms with Crippen LogP contribution in [0.25, 0.3) is 0 Å². The highest BCUT2D eigenvalue weighted by molar-refractivity contribution is 5.59. The molecule has 1 aromatic rings. The first-order valence-corrected chi connectivity index (χ1v) is 5.08. The second kappa shape index (κ2) is 4.11. The summed E-state index contributed by atoms with van der Waals surface area (Å²) in [4.78, 5) is 2.04. The van der Waals surface area contributed by atoms with Crippen LogP contribution in [0.5, 0.6) is 0 Å². The molecule has 0 heterocycles. The van der Waals surface area contributed by atoms with Crippen molar-refractivity contribution in [2.24, 2.45) is 0 Å². The van der Waals surface area contributed by atoms with Gasteiger partial charge in [0.2, 0.25) is 0 Å². The van der Waals surface area contributed by atoms with Gasteiger partial charge in [-0.15, -0.1) is 0 Å². The van der Waals surface area contributed by atoms with Crippen LogP contribution in [0.15, 0.2) is 18.2 Å². The molecular formula is C12H20N2O. The van der Waals surface area contributed by atoms with Gasteiger partial charge in [0.15, 0.2) is 0 Å². The molecule has 3 nitrogen and oxygen atoms in total. The summed E-state index contributed by atoms with van der Waals surface area (Å²) < 4.78 is 0. The zero-order valence-corrected chi connectivity index (χ0v) is 9.91. The third-order valence-electron chi connectivity index (χ3n) is 2.77. The van der Waals surface area contributed by atoms with Crippen LogP contribution < -0.4 is 10.6 Å². The van der Waals surface area contributed by atoms with E-state index in [1.807, 2.05) is 44.9 Å². The number of aliphatic hydroxyl groups is 1. The number of nitrogens with two attached hydrogens (primary N) is 1. The maximum atomic E-state index is 9.29. The quantitative estimate of drug-likeness (QED) is 0.744. The van der Waals surface area contributed by atoms with Crippen molar-refractivity contribution < 1.29 is 5.11 Å². The molecule has 0 saturated heterocycles. The Morgan fingerprint density at radius 1 is 1.33 bits per heavy atom. The van der Waals surface area contributed by atoms with Crippen molar-refractivity contribution in [2.75, 3.05) is 24.3 Å². The topological polar surface area (TPSA) is 49.5 Å². The molecule has 3 heteroatoms. The molecule has 0 radical (unpaired) electrons. The van der Waals surface area contributed by atoms with Crippen LogP contribution in [0.2, 0.25) is 0 Å². The SMILES string of the molecule is Cc1cc(N)cc(N(C)C(C)(C)CO)c1. The number of anilines is 2. The molecule has 0 atom stereocenters. The van der Waals surface area contributed by atoms with Gasteiger partial charge in [-0.3, -0.25) is 0 Å². The van der Waals surface area contributed by atoms with E-state index in [1.54, 1.807) is 0 Å². The van der Waals surface area contributed by atoms with Gasteiger partial charge in [0, 0.05) is 18.4 Å². The van der Waals surface area contributed by atoms with Crippen molar-refractivity contribution in [2.45, 2.75) is 26.3 Å². The van der Waals surface area contributed by atoms with E-state index < -0.39 is 0 Å². The van der Waals surface area contributed by atoms with E-state index >= 15 is 0 Å². The van der Waals surface area contributed by atoms with E-state index in [-0.39, 0.29) is 12.1 Å². The molecule has 0 amide bonds. The minimum atomic E-state index is -0.278. The average molecular weight is 208 g/mol. The molecule has 0 bridgehead atoms. The van der Waals surface area contributed by atoms with Crippen molar-refractivity contribution in [3.8, 4) is 0 Å². The third kappa shape index (κ3) is 2.63. The molecule has 84 valence electrons. The average Bonchev–Trinajstić information content (AvgIpc) is 2.15. The first kappa shape index (κ1) is 11.9. The Balaban J connectivity index is 3.06. The molecule has 0 aliphatic carbocycles. The largest absolute Gasteiger partial charge is 0.399 e. The van der Waals surface area contributed by atoms with E-state index in [0.29, 0.717) is 0 Å². The summed E-state index contributed by atoms with van der Waals surface area (Å²) in [7, 11) is 1.96. The smallest absolute Gasteiger partial charge is 0.0658 e. The molecule has 15 heavy (non-hydrogen) atoms. The molecule has 0 aromatic heterocycles. The second-order valence-electron chi connectivity index (χ2n) is 4.63. The number of hydrogen-bond donors (Lipinski definition) is 2. The number of likely N-dealkylation sites (N-methyl/N-ethyl adjacent to an activating group) is 1. The number of aliphatic hydroxyl groups excluding tert-OH is 1. The van der Waals surface area contributed by atoms with E-state index in [9.17, 15) is 5.11 Å². The lowest BCUT2D eigenvalue weighted by Crippen LogP contribution is -2.44. The highest BCUT2D eigenvalue weighted by Gasteiger charge is 2.22. The fraction of sp³-hybridized carbons (Fsp3) is 0.500. The van der Waals surface area contributed by atoms with Crippen LogP contribution in [0, 0.1) is 6.92 Å². The standard InChI is InChI=1S/C12H20N2O/c1-9-5-10(13)7-11(6-9)14(4)12(2,3)8-15/h5-7,15H,8,13H2,1-4H3. The normalized spacial score (nSPS) is 11.5. The summed E-state index contributed by atoms with van der Waals surface area (Å²) in [5, 5.41) is 9.29. The van der Waals surface area contributed by atoms with Gasteiger partial charge >= 0.3 is 0 Å². The number of hydrogen-bond acceptors (Lipinski definition) is 3. The van der Waals surface area contributed by atoms with Crippen LogP contribution >= 0.6 is 0 Å². The minimum absolute atomic E-state index is 0.108. The van der Waals surface area contributed by atoms with Gasteiger partial charge in [0.05, 0.1) is 12.1 Å². The van der Waals surface area contributed by atoms with Crippen molar-refractivity contribution in [1.29, 1.82) is 0 Å². The summed E-state index contributed by atoms with van der Waals surface area (Å²) >= 11 is 0. The highest BCUT2D eigenvalue weighted by atomic mass is 16.3. The van der Waals surface area contributed by atoms with Crippen LogP contribution in [0.1, 0.15) is 19.4 Å². The number of benzene rings is 1. The number of rotatable bonds is 3. The Morgan fingerprint density at radius 2 is 1.93 bits per heavy atom. The van der Waals surface area contributed by atoms with Crippen molar-refractivity contribution >= 4 is 11.4 Å². The highest BCUT2D eigenvalue weighted by Crippen LogP contribution is 2.25. The summed E-state index contributed by atoms with van der Waals surface area (Å²) in [6.07, 6.45) is 0. The third-order valence-corrected chi connectivity index (χ3v) is 2.77. The monoisotopic (exact) mass is 208 g/mol. The van der Waals surface area contributed by atoms with Crippen molar-refractivity contribution in [3.05, 3.63) is 23.8 Å². The first-order valence-electron chi connectivity index (χ1n) is 5.08. The molecular weight excluding hydrogens is 188 g/mol. The molecule has 0 saturated carbocycles. The molecule has 0 unspecified atom stereocenters. The molecule has 0 spiro atoms. The van der Waals surface area contributed by atoms with E-state index in [0.717, 1.165) is 16.9 Å². The van der Waals surface area contributed by atoms with Gasteiger partial charge in [-0.2, -0.15) is 0 Å². The molecule has 0 fully saturated rings. The number of nitrogens with zero attached hydrogens (tertiary/aromatic N) is 1. The van der Waals surface area contributed by atoms with Gasteiger partial charge in [-0.1, -0.05) is 0 Å². The van der Waals surface area contributed by atoms with E-state index in [2.05, 4.69) is 6.07 Å². The molecule has 0 aliphatic rings. The maximum absolute atomic E-state index is 9.29. The predicted octanol–water partition coefficient (Wildman–Crippen LogP) is 1.78. The summed E-state index contributed by atoms with van der Waals surface area (Å²) in [6, 6.07) is 5.92. The fourth-order valence-corrected chi connectivity index (χ4v) is 1.44. The lowest BCUT2D eigenvalue weighted by Gasteiger charge is -2.36. The van der Waals surface area contributed by atoms with Crippen molar-refractivity contribution in [1.82, 2.24) is 0 Å².